The molecule has 0 N–H and O–H groups in total. The molecule has 4 aromatic carbocycles. The Morgan fingerprint density at radius 1 is 0.543 bits per heavy atom. The summed E-state index contributed by atoms with van der Waals surface area (Å²) < 4.78 is 2.28. The molecular weight excluding hydrogens is 428 g/mol. The maximum absolute atomic E-state index is 5.07. The molecule has 0 fully saturated rings. The molecule has 0 unspecified atom stereocenters. The summed E-state index contributed by atoms with van der Waals surface area (Å²) in [6.07, 6.45) is 1.83. The van der Waals surface area contributed by atoms with E-state index < -0.39 is 0 Å². The van der Waals surface area contributed by atoms with Crippen LogP contribution in [0, 0.1) is 0 Å². The number of fused-ring (bicyclic) bond motifs is 11. The summed E-state index contributed by atoms with van der Waals surface area (Å²) in [6, 6.07) is 36.0. The lowest BCUT2D eigenvalue weighted by Gasteiger charge is -2.11. The zero-order valence-corrected chi connectivity index (χ0v) is 18.7. The number of imidazole rings is 1. The van der Waals surface area contributed by atoms with Gasteiger partial charge in [-0.15, -0.1) is 0 Å². The van der Waals surface area contributed by atoms with Crippen molar-refractivity contribution in [2.75, 3.05) is 0 Å². The van der Waals surface area contributed by atoms with Crippen LogP contribution in [0.2, 0.25) is 0 Å². The smallest absolute Gasteiger partial charge is 0.146 e. The average molecular weight is 447 g/mol. The van der Waals surface area contributed by atoms with Gasteiger partial charge in [0.05, 0.1) is 33.3 Å². The minimum Gasteiger partial charge on any atom is -0.292 e. The first kappa shape index (κ1) is 18.6. The molecule has 0 bridgehead atoms. The highest BCUT2D eigenvalue weighted by atomic mass is 15.0. The fourth-order valence-corrected chi connectivity index (χ4v) is 5.35. The summed E-state index contributed by atoms with van der Waals surface area (Å²) in [7, 11) is 0. The van der Waals surface area contributed by atoms with Gasteiger partial charge in [0.2, 0.25) is 0 Å². The highest BCUT2D eigenvalue weighted by Crippen LogP contribution is 2.35. The van der Waals surface area contributed by atoms with Gasteiger partial charge in [0.15, 0.2) is 0 Å². The van der Waals surface area contributed by atoms with Crippen LogP contribution >= 0.6 is 0 Å². The predicted molar refractivity (Wildman–Crippen MR) is 144 cm³/mol. The van der Waals surface area contributed by atoms with Crippen LogP contribution in [0.4, 0.5) is 0 Å². The Balaban J connectivity index is 1.45. The Morgan fingerprint density at radius 3 is 2.29 bits per heavy atom. The third kappa shape index (κ3) is 2.59. The number of hydrogen-bond donors (Lipinski definition) is 0. The van der Waals surface area contributed by atoms with Gasteiger partial charge >= 0.3 is 0 Å². The molecule has 4 nitrogen and oxygen atoms in total. The Bertz CT molecular complexity index is 2120. The van der Waals surface area contributed by atoms with Crippen LogP contribution in [0.5, 0.6) is 0 Å². The van der Waals surface area contributed by atoms with Gasteiger partial charge in [0.25, 0.3) is 0 Å². The van der Waals surface area contributed by atoms with Crippen molar-refractivity contribution in [1.82, 2.24) is 19.4 Å². The molecule has 0 saturated carbocycles. The number of aromatic nitrogens is 4. The van der Waals surface area contributed by atoms with E-state index in [1.807, 2.05) is 18.3 Å². The van der Waals surface area contributed by atoms with Crippen LogP contribution in [-0.4, -0.2) is 19.4 Å². The maximum atomic E-state index is 5.07. The molecule has 35 heavy (non-hydrogen) atoms. The molecule has 162 valence electrons. The average Bonchev–Trinajstić information content (AvgIpc) is 3.33. The third-order valence-corrected chi connectivity index (χ3v) is 6.98. The zero-order valence-electron chi connectivity index (χ0n) is 18.7. The van der Waals surface area contributed by atoms with Crippen molar-refractivity contribution in [3.63, 3.8) is 0 Å². The van der Waals surface area contributed by atoms with Crippen molar-refractivity contribution in [2.24, 2.45) is 0 Å². The molecule has 0 saturated heterocycles. The number of para-hydroxylation sites is 3. The van der Waals surface area contributed by atoms with Crippen molar-refractivity contribution >= 4 is 60.2 Å². The first-order chi connectivity index (χ1) is 17.3. The molecule has 4 heteroatoms. The number of benzene rings is 4. The van der Waals surface area contributed by atoms with E-state index in [0.29, 0.717) is 0 Å². The lowest BCUT2D eigenvalue weighted by Crippen LogP contribution is -1.93. The second kappa shape index (κ2) is 6.84. The lowest BCUT2D eigenvalue weighted by atomic mass is 10.0. The maximum Gasteiger partial charge on any atom is 0.146 e. The fraction of sp³-hybridized carbons (Fsp3) is 0. The van der Waals surface area contributed by atoms with Crippen LogP contribution in [0.3, 0.4) is 0 Å². The minimum absolute atomic E-state index is 0.931. The van der Waals surface area contributed by atoms with Crippen molar-refractivity contribution < 1.29 is 0 Å². The molecule has 0 aliphatic carbocycles. The standard InChI is InChI=1S/C31H18N4/c1-3-9-27-22(7-1)24-18-21(13-15-23(24)31-34-26-8-2-4-10-28(26)35(27)31)25-16-14-20-12-11-19-6-5-17-32-29(19)30(20)33-25/h1-18H. The van der Waals surface area contributed by atoms with Gasteiger partial charge < -0.3 is 0 Å². The first-order valence-electron chi connectivity index (χ1n) is 11.7. The van der Waals surface area contributed by atoms with Crippen LogP contribution in [-0.2, 0) is 0 Å². The highest BCUT2D eigenvalue weighted by molar-refractivity contribution is 6.14. The highest BCUT2D eigenvalue weighted by Gasteiger charge is 2.14. The van der Waals surface area contributed by atoms with E-state index in [9.17, 15) is 0 Å². The Morgan fingerprint density at radius 2 is 1.34 bits per heavy atom. The number of rotatable bonds is 1. The third-order valence-electron chi connectivity index (χ3n) is 6.98. The molecule has 0 aliphatic heterocycles. The van der Waals surface area contributed by atoms with Crippen molar-refractivity contribution in [1.29, 1.82) is 0 Å². The Kier molecular flexibility index (Phi) is 3.63. The summed E-state index contributed by atoms with van der Waals surface area (Å²) in [5.41, 5.74) is 8.15. The van der Waals surface area contributed by atoms with E-state index >= 15 is 0 Å². The summed E-state index contributed by atoms with van der Waals surface area (Å²) in [4.78, 5) is 14.7. The molecule has 0 radical (unpaired) electrons. The van der Waals surface area contributed by atoms with E-state index in [2.05, 4.69) is 100 Å². The van der Waals surface area contributed by atoms with Gasteiger partial charge in [-0.3, -0.25) is 9.38 Å². The van der Waals surface area contributed by atoms with Crippen molar-refractivity contribution in [2.45, 2.75) is 0 Å². The van der Waals surface area contributed by atoms with Crippen molar-refractivity contribution in [3.05, 3.63) is 109 Å². The molecule has 0 aliphatic rings. The van der Waals surface area contributed by atoms with Crippen LogP contribution in [0.15, 0.2) is 109 Å². The lowest BCUT2D eigenvalue weighted by molar-refractivity contribution is 1.31. The van der Waals surface area contributed by atoms with E-state index in [1.54, 1.807) is 0 Å². The second-order valence-electron chi connectivity index (χ2n) is 8.95. The van der Waals surface area contributed by atoms with E-state index in [-0.39, 0.29) is 0 Å². The van der Waals surface area contributed by atoms with E-state index in [1.165, 1.54) is 10.8 Å². The molecule has 4 heterocycles. The molecular formula is C31H18N4. The van der Waals surface area contributed by atoms with Crippen LogP contribution < -0.4 is 0 Å². The number of pyridine rings is 3. The monoisotopic (exact) mass is 446 g/mol. The normalized spacial score (nSPS) is 12.0. The van der Waals surface area contributed by atoms with Gasteiger partial charge in [-0.1, -0.05) is 60.7 Å². The topological polar surface area (TPSA) is 43.1 Å². The zero-order chi connectivity index (χ0) is 22.9. The van der Waals surface area contributed by atoms with Crippen LogP contribution in [0.1, 0.15) is 0 Å². The Hall–Kier alpha value is -4.83. The van der Waals surface area contributed by atoms with Gasteiger partial charge in [0, 0.05) is 33.3 Å². The number of hydrogen-bond acceptors (Lipinski definition) is 3. The fourth-order valence-electron chi connectivity index (χ4n) is 5.35. The van der Waals surface area contributed by atoms with Gasteiger partial charge in [-0.05, 0) is 47.9 Å². The summed E-state index contributed by atoms with van der Waals surface area (Å²) >= 11 is 0. The Labute approximate surface area is 200 Å². The van der Waals surface area contributed by atoms with Crippen LogP contribution in [0.25, 0.3) is 71.4 Å². The summed E-state index contributed by atoms with van der Waals surface area (Å²) in [6.45, 7) is 0. The first-order valence-corrected chi connectivity index (χ1v) is 11.7. The predicted octanol–water partition coefficient (Wildman–Crippen LogP) is 7.56. The minimum atomic E-state index is 0.931. The molecule has 0 amide bonds. The molecule has 8 rings (SSSR count). The number of nitrogens with zero attached hydrogens (tertiary/aromatic N) is 4. The van der Waals surface area contributed by atoms with E-state index in [0.717, 1.165) is 60.6 Å². The largest absolute Gasteiger partial charge is 0.292 e. The SMILES string of the molecule is c1cnc2c(c1)ccc1ccc(-c3ccc4c(c3)c3ccccc3n3c5ccccc5nc43)nc12. The summed E-state index contributed by atoms with van der Waals surface area (Å²) in [5, 5.41) is 5.71. The second-order valence-corrected chi connectivity index (χ2v) is 8.95. The summed E-state index contributed by atoms with van der Waals surface area (Å²) in [5.74, 6) is 0. The van der Waals surface area contributed by atoms with Gasteiger partial charge in [0.1, 0.15) is 5.65 Å². The van der Waals surface area contributed by atoms with E-state index in [4.69, 9.17) is 9.97 Å². The van der Waals surface area contributed by atoms with Gasteiger partial charge in [-0.25, -0.2) is 9.97 Å². The van der Waals surface area contributed by atoms with Gasteiger partial charge in [-0.2, -0.15) is 0 Å². The molecule has 0 atom stereocenters. The quantitative estimate of drug-likeness (QED) is 0.244. The van der Waals surface area contributed by atoms with Crippen molar-refractivity contribution in [3.8, 4) is 11.3 Å². The molecule has 4 aromatic heterocycles. The molecule has 0 spiro atoms. The molecule has 8 aromatic rings.